The van der Waals surface area contributed by atoms with E-state index in [1.807, 2.05) is 24.3 Å². The quantitative estimate of drug-likeness (QED) is 0.769. The number of nitriles is 1. The largest absolute Gasteiger partial charge is 0.359 e. The van der Waals surface area contributed by atoms with Crippen LogP contribution in [-0.4, -0.2) is 15.0 Å². The number of para-hydroxylation sites is 2. The van der Waals surface area contributed by atoms with Gasteiger partial charge in [-0.2, -0.15) is 5.26 Å². The van der Waals surface area contributed by atoms with E-state index in [4.69, 9.17) is 0 Å². The summed E-state index contributed by atoms with van der Waals surface area (Å²) in [6.45, 7) is 4.22. The van der Waals surface area contributed by atoms with E-state index in [2.05, 4.69) is 40.2 Å². The van der Waals surface area contributed by atoms with Crippen LogP contribution in [0.15, 0.2) is 42.6 Å². The molecule has 1 aromatic carbocycles. The van der Waals surface area contributed by atoms with Crippen molar-refractivity contribution >= 4 is 16.9 Å². The summed E-state index contributed by atoms with van der Waals surface area (Å²) in [4.78, 5) is 12.3. The Labute approximate surface area is 129 Å². The molecule has 0 saturated heterocycles. The first-order chi connectivity index (χ1) is 10.7. The molecule has 0 fully saturated rings. The predicted octanol–water partition coefficient (Wildman–Crippen LogP) is 3.64. The average molecular weight is 291 g/mol. The van der Waals surface area contributed by atoms with Gasteiger partial charge < -0.3 is 10.3 Å². The first-order valence-electron chi connectivity index (χ1n) is 7.25. The van der Waals surface area contributed by atoms with Crippen LogP contribution in [0.1, 0.15) is 31.3 Å². The fourth-order valence-electron chi connectivity index (χ4n) is 2.43. The molecule has 0 aliphatic heterocycles. The summed E-state index contributed by atoms with van der Waals surface area (Å²) in [7, 11) is 0. The fraction of sp³-hybridized carbons (Fsp3) is 0.235. The summed E-state index contributed by atoms with van der Waals surface area (Å²) in [6, 6.07) is 13.6. The molecule has 0 saturated carbocycles. The number of anilines is 1. The monoisotopic (exact) mass is 291 g/mol. The fourth-order valence-corrected chi connectivity index (χ4v) is 2.43. The molecular formula is C17H17N5. The molecule has 1 atom stereocenters. The highest BCUT2D eigenvalue weighted by Gasteiger charge is 2.21. The van der Waals surface area contributed by atoms with Gasteiger partial charge in [-0.25, -0.2) is 9.97 Å². The van der Waals surface area contributed by atoms with Crippen molar-refractivity contribution in [1.29, 1.82) is 5.26 Å². The Bertz CT molecular complexity index is 795. The molecule has 3 aromatic rings. The molecule has 0 bridgehead atoms. The van der Waals surface area contributed by atoms with Crippen molar-refractivity contribution in [2.24, 2.45) is 5.92 Å². The van der Waals surface area contributed by atoms with Crippen LogP contribution in [0.5, 0.6) is 0 Å². The van der Waals surface area contributed by atoms with Crippen LogP contribution < -0.4 is 5.32 Å². The summed E-state index contributed by atoms with van der Waals surface area (Å²) in [6.07, 6.45) is 1.68. The van der Waals surface area contributed by atoms with Crippen LogP contribution >= 0.6 is 0 Å². The maximum absolute atomic E-state index is 9.20. The Morgan fingerprint density at radius 3 is 2.73 bits per heavy atom. The highest BCUT2D eigenvalue weighted by molar-refractivity contribution is 5.75. The van der Waals surface area contributed by atoms with Crippen LogP contribution in [0.25, 0.3) is 11.0 Å². The lowest BCUT2D eigenvalue weighted by Crippen LogP contribution is -2.19. The van der Waals surface area contributed by atoms with E-state index in [-0.39, 0.29) is 12.0 Å². The van der Waals surface area contributed by atoms with E-state index in [0.29, 0.717) is 11.4 Å². The summed E-state index contributed by atoms with van der Waals surface area (Å²) in [5.41, 5.74) is 2.47. The number of nitrogens with one attached hydrogen (secondary N) is 2. The van der Waals surface area contributed by atoms with E-state index >= 15 is 0 Å². The molecule has 0 unspecified atom stereocenters. The summed E-state index contributed by atoms with van der Waals surface area (Å²) < 4.78 is 0. The number of H-pyrrole nitrogens is 1. The number of hydrogen-bond donors (Lipinski definition) is 2. The minimum Gasteiger partial charge on any atom is -0.359 e. The summed E-state index contributed by atoms with van der Waals surface area (Å²) in [5, 5.41) is 12.5. The van der Waals surface area contributed by atoms with Crippen molar-refractivity contribution in [1.82, 2.24) is 15.0 Å². The third-order valence-electron chi connectivity index (χ3n) is 3.59. The minimum atomic E-state index is -0.0469. The molecule has 5 heteroatoms. The highest BCUT2D eigenvalue weighted by atomic mass is 15.1. The minimum absolute atomic E-state index is 0.0469. The van der Waals surface area contributed by atoms with Crippen molar-refractivity contribution in [2.75, 3.05) is 5.32 Å². The van der Waals surface area contributed by atoms with Gasteiger partial charge in [0.25, 0.3) is 0 Å². The molecule has 0 radical (unpaired) electrons. The average Bonchev–Trinajstić information content (AvgIpc) is 2.96. The number of imidazole rings is 1. The second kappa shape index (κ2) is 5.86. The molecule has 3 rings (SSSR count). The molecule has 0 aliphatic rings. The van der Waals surface area contributed by atoms with Gasteiger partial charge in [-0.05, 0) is 30.2 Å². The topological polar surface area (TPSA) is 77.4 Å². The van der Waals surface area contributed by atoms with Gasteiger partial charge in [-0.15, -0.1) is 0 Å². The van der Waals surface area contributed by atoms with Crippen LogP contribution in [0.4, 0.5) is 5.82 Å². The first-order valence-corrected chi connectivity index (χ1v) is 7.25. The second-order valence-corrected chi connectivity index (χ2v) is 5.52. The summed E-state index contributed by atoms with van der Waals surface area (Å²) >= 11 is 0. The van der Waals surface area contributed by atoms with Gasteiger partial charge in [-0.1, -0.05) is 26.0 Å². The normalized spacial score (nSPS) is 12.3. The van der Waals surface area contributed by atoms with E-state index in [0.717, 1.165) is 16.9 Å². The van der Waals surface area contributed by atoms with Crippen LogP contribution in [-0.2, 0) is 0 Å². The molecule has 110 valence electrons. The Kier molecular flexibility index (Phi) is 3.75. The number of pyridine rings is 1. The number of benzene rings is 1. The number of hydrogen-bond acceptors (Lipinski definition) is 4. The highest BCUT2D eigenvalue weighted by Crippen LogP contribution is 2.26. The Hall–Kier alpha value is -2.87. The number of aromatic amines is 1. The van der Waals surface area contributed by atoms with Gasteiger partial charge in [0.1, 0.15) is 17.7 Å². The zero-order valence-corrected chi connectivity index (χ0v) is 12.5. The molecule has 22 heavy (non-hydrogen) atoms. The van der Waals surface area contributed by atoms with E-state index < -0.39 is 0 Å². The summed E-state index contributed by atoms with van der Waals surface area (Å²) in [5.74, 6) is 1.73. The van der Waals surface area contributed by atoms with Crippen molar-refractivity contribution < 1.29 is 0 Å². The Morgan fingerprint density at radius 2 is 2.00 bits per heavy atom. The van der Waals surface area contributed by atoms with E-state index in [9.17, 15) is 5.26 Å². The van der Waals surface area contributed by atoms with Crippen LogP contribution in [0.2, 0.25) is 0 Å². The Balaban J connectivity index is 1.98. The van der Waals surface area contributed by atoms with Crippen molar-refractivity contribution in [3.8, 4) is 6.07 Å². The maximum Gasteiger partial charge on any atom is 0.144 e. The number of nitrogens with zero attached hydrogens (tertiary/aromatic N) is 3. The van der Waals surface area contributed by atoms with Crippen LogP contribution in [0, 0.1) is 17.2 Å². The lowest BCUT2D eigenvalue weighted by atomic mass is 10.0. The SMILES string of the molecule is CC(C)[C@H](Nc1ncccc1C#N)c1nc2ccccc2[nH]1. The Morgan fingerprint density at radius 1 is 1.18 bits per heavy atom. The standard InChI is InChI=1S/C17H17N5/c1-11(2)15(22-16-12(10-18)6-5-9-19-16)17-20-13-7-3-4-8-14(13)21-17/h3-9,11,15H,1-2H3,(H,19,22)(H,20,21)/t15-/m0/s1. The van der Waals surface area contributed by atoms with Gasteiger partial charge in [0.2, 0.25) is 0 Å². The molecule has 0 amide bonds. The van der Waals surface area contributed by atoms with E-state index in [1.165, 1.54) is 0 Å². The van der Waals surface area contributed by atoms with Crippen molar-refractivity contribution in [3.05, 3.63) is 54.0 Å². The van der Waals surface area contributed by atoms with Gasteiger partial charge in [-0.3, -0.25) is 0 Å². The zero-order chi connectivity index (χ0) is 15.5. The number of aromatic nitrogens is 3. The van der Waals surface area contributed by atoms with Gasteiger partial charge in [0.05, 0.1) is 22.6 Å². The van der Waals surface area contributed by atoms with E-state index in [1.54, 1.807) is 18.3 Å². The predicted molar refractivity (Wildman–Crippen MR) is 86.2 cm³/mol. The number of fused-ring (bicyclic) bond motifs is 1. The van der Waals surface area contributed by atoms with Gasteiger partial charge >= 0.3 is 0 Å². The third-order valence-corrected chi connectivity index (χ3v) is 3.59. The second-order valence-electron chi connectivity index (χ2n) is 5.52. The lowest BCUT2D eigenvalue weighted by Gasteiger charge is -2.21. The molecule has 0 aliphatic carbocycles. The van der Waals surface area contributed by atoms with Crippen molar-refractivity contribution in [2.45, 2.75) is 19.9 Å². The van der Waals surface area contributed by atoms with Gasteiger partial charge in [0, 0.05) is 6.20 Å². The van der Waals surface area contributed by atoms with Crippen molar-refractivity contribution in [3.63, 3.8) is 0 Å². The molecular weight excluding hydrogens is 274 g/mol. The van der Waals surface area contributed by atoms with Gasteiger partial charge in [0.15, 0.2) is 0 Å². The number of rotatable bonds is 4. The zero-order valence-electron chi connectivity index (χ0n) is 12.5. The smallest absolute Gasteiger partial charge is 0.144 e. The maximum atomic E-state index is 9.20. The molecule has 2 N–H and O–H groups in total. The first kappa shape index (κ1) is 14.1. The third kappa shape index (κ3) is 2.63. The van der Waals surface area contributed by atoms with Crippen LogP contribution in [0.3, 0.4) is 0 Å². The lowest BCUT2D eigenvalue weighted by molar-refractivity contribution is 0.525. The molecule has 2 aromatic heterocycles. The molecule has 2 heterocycles. The molecule has 0 spiro atoms. The molecule has 5 nitrogen and oxygen atoms in total.